The van der Waals surface area contributed by atoms with Crippen LogP contribution in [-0.2, 0) is 16.1 Å². The Morgan fingerprint density at radius 2 is 2.05 bits per heavy atom. The SMILES string of the molecule is O=C(O)C1(NCC(O)COCc2ccccc2)CCC1. The summed E-state index contributed by atoms with van der Waals surface area (Å²) in [6.07, 6.45) is 1.47. The lowest BCUT2D eigenvalue weighted by atomic mass is 9.76. The molecule has 0 heterocycles. The summed E-state index contributed by atoms with van der Waals surface area (Å²) in [5.74, 6) is -0.832. The van der Waals surface area contributed by atoms with Gasteiger partial charge in [0.15, 0.2) is 0 Å². The maximum atomic E-state index is 11.1. The van der Waals surface area contributed by atoms with E-state index in [1.807, 2.05) is 30.3 Å². The Labute approximate surface area is 118 Å². The molecule has 1 atom stereocenters. The number of carboxylic acids is 1. The van der Waals surface area contributed by atoms with Crippen LogP contribution in [0.15, 0.2) is 30.3 Å². The smallest absolute Gasteiger partial charge is 0.323 e. The minimum atomic E-state index is -0.833. The predicted octanol–water partition coefficient (Wildman–Crippen LogP) is 1.16. The molecule has 0 aromatic heterocycles. The Hall–Kier alpha value is -1.43. The first-order chi connectivity index (χ1) is 9.62. The van der Waals surface area contributed by atoms with Crippen molar-refractivity contribution in [3.05, 3.63) is 35.9 Å². The van der Waals surface area contributed by atoms with Crippen molar-refractivity contribution in [1.29, 1.82) is 0 Å². The second kappa shape index (κ2) is 6.83. The Kier molecular flexibility index (Phi) is 5.11. The van der Waals surface area contributed by atoms with Crippen LogP contribution in [0.2, 0.25) is 0 Å². The number of carbonyl (C=O) groups is 1. The first-order valence-corrected chi connectivity index (χ1v) is 6.90. The summed E-state index contributed by atoms with van der Waals surface area (Å²) in [6.45, 7) is 0.876. The number of aliphatic hydroxyl groups excluding tert-OH is 1. The number of aliphatic hydroxyl groups is 1. The zero-order chi connectivity index (χ0) is 14.4. The highest BCUT2D eigenvalue weighted by atomic mass is 16.5. The normalized spacial score (nSPS) is 18.2. The van der Waals surface area contributed by atoms with Crippen LogP contribution in [-0.4, -0.2) is 41.0 Å². The molecule has 0 saturated heterocycles. The van der Waals surface area contributed by atoms with Crippen molar-refractivity contribution >= 4 is 5.97 Å². The zero-order valence-corrected chi connectivity index (χ0v) is 11.4. The third-order valence-electron chi connectivity index (χ3n) is 3.71. The second-order valence-electron chi connectivity index (χ2n) is 5.28. The summed E-state index contributed by atoms with van der Waals surface area (Å²) in [5, 5.41) is 21.9. The number of hydrogen-bond donors (Lipinski definition) is 3. The van der Waals surface area contributed by atoms with Crippen LogP contribution in [0.25, 0.3) is 0 Å². The van der Waals surface area contributed by atoms with Gasteiger partial charge in [-0.2, -0.15) is 0 Å². The quantitative estimate of drug-likeness (QED) is 0.665. The van der Waals surface area contributed by atoms with E-state index in [0.29, 0.717) is 19.4 Å². The van der Waals surface area contributed by atoms with Crippen molar-refractivity contribution < 1.29 is 19.7 Å². The van der Waals surface area contributed by atoms with Gasteiger partial charge in [0.1, 0.15) is 5.54 Å². The fraction of sp³-hybridized carbons (Fsp3) is 0.533. The lowest BCUT2D eigenvalue weighted by molar-refractivity contribution is -0.149. The average molecular weight is 279 g/mol. The van der Waals surface area contributed by atoms with E-state index in [1.165, 1.54) is 0 Å². The summed E-state index contributed by atoms with van der Waals surface area (Å²) in [5.41, 5.74) is 0.217. The number of benzene rings is 1. The van der Waals surface area contributed by atoms with Crippen molar-refractivity contribution in [3.63, 3.8) is 0 Å². The summed E-state index contributed by atoms with van der Waals surface area (Å²) in [4.78, 5) is 11.1. The maximum absolute atomic E-state index is 11.1. The molecule has 5 nitrogen and oxygen atoms in total. The molecule has 0 spiro atoms. The van der Waals surface area contributed by atoms with E-state index < -0.39 is 17.6 Å². The van der Waals surface area contributed by atoms with Gasteiger partial charge in [0, 0.05) is 6.54 Å². The molecule has 1 fully saturated rings. The van der Waals surface area contributed by atoms with Gasteiger partial charge in [0.25, 0.3) is 0 Å². The highest BCUT2D eigenvalue weighted by Gasteiger charge is 2.44. The second-order valence-corrected chi connectivity index (χ2v) is 5.28. The summed E-state index contributed by atoms with van der Waals surface area (Å²) >= 11 is 0. The minimum absolute atomic E-state index is 0.192. The van der Waals surface area contributed by atoms with E-state index in [-0.39, 0.29) is 13.2 Å². The molecular weight excluding hydrogens is 258 g/mol. The number of nitrogens with one attached hydrogen (secondary N) is 1. The predicted molar refractivity (Wildman–Crippen MR) is 74.3 cm³/mol. The van der Waals surface area contributed by atoms with Gasteiger partial charge in [0.05, 0.1) is 19.3 Å². The molecule has 1 unspecified atom stereocenters. The van der Waals surface area contributed by atoms with E-state index in [9.17, 15) is 9.90 Å². The number of β-amino-alcohol motifs (C(OH)–C–C–N with tert-alkyl or cyclic N) is 1. The Bertz CT molecular complexity index is 431. The summed E-state index contributed by atoms with van der Waals surface area (Å²) < 4.78 is 5.42. The third kappa shape index (κ3) is 3.79. The molecule has 0 radical (unpaired) electrons. The van der Waals surface area contributed by atoms with Gasteiger partial charge in [0.2, 0.25) is 0 Å². The molecule has 1 aliphatic carbocycles. The first kappa shape index (κ1) is 15.0. The van der Waals surface area contributed by atoms with Crippen molar-refractivity contribution in [1.82, 2.24) is 5.32 Å². The standard InChI is InChI=1S/C15H21NO4/c17-13(9-16-15(14(18)19)7-4-8-15)11-20-10-12-5-2-1-3-6-12/h1-3,5-6,13,16-17H,4,7-11H2,(H,18,19). The van der Waals surface area contributed by atoms with Gasteiger partial charge in [-0.3, -0.25) is 10.1 Å². The van der Waals surface area contributed by atoms with E-state index in [0.717, 1.165) is 12.0 Å². The largest absolute Gasteiger partial charge is 0.480 e. The number of ether oxygens (including phenoxy) is 1. The molecule has 3 N–H and O–H groups in total. The topological polar surface area (TPSA) is 78.8 Å². The molecule has 0 amide bonds. The van der Waals surface area contributed by atoms with Crippen LogP contribution in [0.4, 0.5) is 0 Å². The molecule has 1 aliphatic rings. The van der Waals surface area contributed by atoms with Crippen LogP contribution >= 0.6 is 0 Å². The fourth-order valence-electron chi connectivity index (χ4n) is 2.26. The number of carboxylic acid groups (broad SMARTS) is 1. The lowest BCUT2D eigenvalue weighted by Crippen LogP contribution is -2.59. The third-order valence-corrected chi connectivity index (χ3v) is 3.71. The van der Waals surface area contributed by atoms with Crippen LogP contribution < -0.4 is 5.32 Å². The zero-order valence-electron chi connectivity index (χ0n) is 11.4. The Morgan fingerprint density at radius 1 is 1.35 bits per heavy atom. The lowest BCUT2D eigenvalue weighted by Gasteiger charge is -2.39. The Balaban J connectivity index is 1.65. The Morgan fingerprint density at radius 3 is 2.60 bits per heavy atom. The van der Waals surface area contributed by atoms with E-state index in [1.54, 1.807) is 0 Å². The molecule has 2 rings (SSSR count). The molecule has 1 aromatic carbocycles. The van der Waals surface area contributed by atoms with Crippen molar-refractivity contribution in [3.8, 4) is 0 Å². The number of rotatable bonds is 8. The van der Waals surface area contributed by atoms with Crippen molar-refractivity contribution in [2.75, 3.05) is 13.2 Å². The molecule has 0 aliphatic heterocycles. The van der Waals surface area contributed by atoms with Crippen LogP contribution in [0.3, 0.4) is 0 Å². The van der Waals surface area contributed by atoms with Gasteiger partial charge in [-0.15, -0.1) is 0 Å². The molecule has 20 heavy (non-hydrogen) atoms. The maximum Gasteiger partial charge on any atom is 0.323 e. The van der Waals surface area contributed by atoms with E-state index in [4.69, 9.17) is 9.84 Å². The molecule has 1 saturated carbocycles. The summed E-state index contributed by atoms with van der Waals surface area (Å²) in [7, 11) is 0. The van der Waals surface area contributed by atoms with Gasteiger partial charge in [-0.1, -0.05) is 30.3 Å². The van der Waals surface area contributed by atoms with Crippen LogP contribution in [0, 0.1) is 0 Å². The monoisotopic (exact) mass is 279 g/mol. The molecule has 110 valence electrons. The van der Waals surface area contributed by atoms with Crippen LogP contribution in [0.1, 0.15) is 24.8 Å². The van der Waals surface area contributed by atoms with Gasteiger partial charge < -0.3 is 14.9 Å². The van der Waals surface area contributed by atoms with Gasteiger partial charge in [-0.05, 0) is 24.8 Å². The molecular formula is C15H21NO4. The van der Waals surface area contributed by atoms with Gasteiger partial charge >= 0.3 is 5.97 Å². The highest BCUT2D eigenvalue weighted by molar-refractivity contribution is 5.79. The molecule has 1 aromatic rings. The highest BCUT2D eigenvalue weighted by Crippen LogP contribution is 2.31. The van der Waals surface area contributed by atoms with Gasteiger partial charge in [-0.25, -0.2) is 0 Å². The minimum Gasteiger partial charge on any atom is -0.480 e. The molecule has 5 heteroatoms. The fourth-order valence-corrected chi connectivity index (χ4v) is 2.26. The summed E-state index contributed by atoms with van der Waals surface area (Å²) in [6, 6.07) is 9.72. The average Bonchev–Trinajstić information content (AvgIpc) is 2.38. The van der Waals surface area contributed by atoms with Crippen LogP contribution in [0.5, 0.6) is 0 Å². The number of aliphatic carboxylic acids is 1. The van der Waals surface area contributed by atoms with E-state index in [2.05, 4.69) is 5.32 Å². The molecule has 0 bridgehead atoms. The first-order valence-electron chi connectivity index (χ1n) is 6.90. The van der Waals surface area contributed by atoms with E-state index >= 15 is 0 Å². The number of hydrogen-bond acceptors (Lipinski definition) is 4. The van der Waals surface area contributed by atoms with Crippen molar-refractivity contribution in [2.45, 2.75) is 37.5 Å². The van der Waals surface area contributed by atoms with Crippen molar-refractivity contribution in [2.24, 2.45) is 0 Å².